The third kappa shape index (κ3) is 4.46. The summed E-state index contributed by atoms with van der Waals surface area (Å²) in [6.45, 7) is 0.894. The van der Waals surface area contributed by atoms with Crippen molar-refractivity contribution in [3.05, 3.63) is 24.3 Å². The highest BCUT2D eigenvalue weighted by atomic mass is 32.2. The summed E-state index contributed by atoms with van der Waals surface area (Å²) in [7, 11) is 1.08. The third-order valence-electron chi connectivity index (χ3n) is 2.65. The molecule has 0 bridgehead atoms. The second kappa shape index (κ2) is 7.44. The Morgan fingerprint density at radius 2 is 1.95 bits per heavy atom. The van der Waals surface area contributed by atoms with Crippen LogP contribution in [0.25, 0.3) is 0 Å². The van der Waals surface area contributed by atoms with Crippen LogP contribution in [0.3, 0.4) is 0 Å². The molecule has 108 valence electrons. The fourth-order valence-corrected chi connectivity index (χ4v) is 2.48. The highest BCUT2D eigenvalue weighted by molar-refractivity contribution is 7.89. The van der Waals surface area contributed by atoms with Gasteiger partial charge >= 0.3 is 0 Å². The van der Waals surface area contributed by atoms with Crippen LogP contribution in [0.1, 0.15) is 0 Å². The van der Waals surface area contributed by atoms with Gasteiger partial charge < -0.3 is 14.8 Å². The van der Waals surface area contributed by atoms with Crippen LogP contribution >= 0.6 is 0 Å². The van der Waals surface area contributed by atoms with E-state index in [4.69, 9.17) is 9.47 Å². The third-order valence-corrected chi connectivity index (χ3v) is 4.12. The van der Waals surface area contributed by atoms with E-state index >= 15 is 0 Å². The summed E-state index contributed by atoms with van der Waals surface area (Å²) in [6.07, 6.45) is -0.143. The number of para-hydroxylation sites is 1. The molecule has 0 aliphatic rings. The van der Waals surface area contributed by atoms with E-state index in [1.807, 2.05) is 0 Å². The van der Waals surface area contributed by atoms with E-state index in [1.54, 1.807) is 38.5 Å². The summed E-state index contributed by atoms with van der Waals surface area (Å²) in [5, 5.41) is 3.07. The first kappa shape index (κ1) is 15.9. The topological polar surface area (TPSA) is 76.7 Å². The van der Waals surface area contributed by atoms with Crippen LogP contribution in [0.2, 0.25) is 0 Å². The van der Waals surface area contributed by atoms with E-state index in [9.17, 15) is 8.42 Å². The van der Waals surface area contributed by atoms with E-state index in [0.29, 0.717) is 18.8 Å². The summed E-state index contributed by atoms with van der Waals surface area (Å²) in [4.78, 5) is 0.213. The SMILES string of the molecule is CNS(=O)(=O)c1ccccc1NCC(COC)OC. The molecule has 1 aromatic rings. The molecule has 7 heteroatoms. The van der Waals surface area contributed by atoms with Crippen LogP contribution in [0, 0.1) is 0 Å². The van der Waals surface area contributed by atoms with Crippen LogP contribution < -0.4 is 10.0 Å². The lowest BCUT2D eigenvalue weighted by Crippen LogP contribution is -2.27. The molecule has 0 saturated carbocycles. The van der Waals surface area contributed by atoms with Crippen LogP contribution in [0.15, 0.2) is 29.2 Å². The standard InChI is InChI=1S/C12H20N2O4S/c1-13-19(15,16)12-7-5-4-6-11(12)14-8-10(18-3)9-17-2/h4-7,10,13-14H,8-9H2,1-3H3. The Kier molecular flexibility index (Phi) is 6.23. The van der Waals surface area contributed by atoms with Crippen molar-refractivity contribution in [2.75, 3.05) is 39.7 Å². The number of nitrogens with one attached hydrogen (secondary N) is 2. The van der Waals surface area contributed by atoms with Gasteiger partial charge in [-0.1, -0.05) is 12.1 Å². The van der Waals surface area contributed by atoms with Gasteiger partial charge in [0.15, 0.2) is 0 Å². The Bertz CT molecular complexity index is 490. The summed E-state index contributed by atoms with van der Waals surface area (Å²) in [5.74, 6) is 0. The van der Waals surface area contributed by atoms with Gasteiger partial charge in [-0.3, -0.25) is 0 Å². The molecule has 6 nitrogen and oxygen atoms in total. The molecule has 0 aliphatic carbocycles. The van der Waals surface area contributed by atoms with Crippen LogP contribution in [-0.2, 0) is 19.5 Å². The second-order valence-corrected chi connectivity index (χ2v) is 5.75. The minimum Gasteiger partial charge on any atom is -0.382 e. The average Bonchev–Trinajstić information content (AvgIpc) is 2.43. The number of rotatable bonds is 8. The molecular weight excluding hydrogens is 268 g/mol. The number of hydrogen-bond donors (Lipinski definition) is 2. The van der Waals surface area contributed by atoms with Crippen molar-refractivity contribution in [2.45, 2.75) is 11.0 Å². The molecular formula is C12H20N2O4S. The van der Waals surface area contributed by atoms with Crippen molar-refractivity contribution < 1.29 is 17.9 Å². The molecule has 0 spiro atoms. The van der Waals surface area contributed by atoms with E-state index < -0.39 is 10.0 Å². The van der Waals surface area contributed by atoms with E-state index in [2.05, 4.69) is 10.0 Å². The molecule has 1 unspecified atom stereocenters. The van der Waals surface area contributed by atoms with Gasteiger partial charge in [0, 0.05) is 20.8 Å². The lowest BCUT2D eigenvalue weighted by atomic mass is 10.3. The zero-order chi connectivity index (χ0) is 14.3. The highest BCUT2D eigenvalue weighted by Crippen LogP contribution is 2.20. The van der Waals surface area contributed by atoms with Gasteiger partial charge in [0.25, 0.3) is 0 Å². The molecule has 0 saturated heterocycles. The molecule has 0 aromatic heterocycles. The number of hydrogen-bond acceptors (Lipinski definition) is 5. The molecule has 1 aromatic carbocycles. The largest absolute Gasteiger partial charge is 0.382 e. The van der Waals surface area contributed by atoms with E-state index in [-0.39, 0.29) is 11.0 Å². The number of anilines is 1. The van der Waals surface area contributed by atoms with Gasteiger partial charge in [-0.15, -0.1) is 0 Å². The fourth-order valence-electron chi connectivity index (χ4n) is 1.58. The Balaban J connectivity index is 2.84. The molecule has 0 radical (unpaired) electrons. The van der Waals surface area contributed by atoms with Crippen molar-refractivity contribution in [1.29, 1.82) is 0 Å². The number of benzene rings is 1. The monoisotopic (exact) mass is 288 g/mol. The van der Waals surface area contributed by atoms with Gasteiger partial charge in [-0.2, -0.15) is 0 Å². The van der Waals surface area contributed by atoms with Crippen molar-refractivity contribution in [2.24, 2.45) is 0 Å². The van der Waals surface area contributed by atoms with Gasteiger partial charge in [0.05, 0.1) is 18.4 Å². The van der Waals surface area contributed by atoms with E-state index in [1.165, 1.54) is 7.05 Å². The minimum atomic E-state index is -3.48. The number of ether oxygens (including phenoxy) is 2. The Morgan fingerprint density at radius 1 is 1.26 bits per heavy atom. The zero-order valence-electron chi connectivity index (χ0n) is 11.3. The summed E-state index contributed by atoms with van der Waals surface area (Å²) < 4.78 is 36.2. The quantitative estimate of drug-likeness (QED) is 0.735. The van der Waals surface area contributed by atoms with Crippen LogP contribution in [0.4, 0.5) is 5.69 Å². The maximum absolute atomic E-state index is 11.9. The first-order valence-corrected chi connectivity index (χ1v) is 7.31. The van der Waals surface area contributed by atoms with Gasteiger partial charge in [-0.05, 0) is 19.2 Å². The van der Waals surface area contributed by atoms with Gasteiger partial charge in [-0.25, -0.2) is 13.1 Å². The first-order chi connectivity index (χ1) is 9.05. The summed E-state index contributed by atoms with van der Waals surface area (Å²) in [6, 6.07) is 6.71. The molecule has 0 aliphatic heterocycles. The molecule has 2 N–H and O–H groups in total. The van der Waals surface area contributed by atoms with Gasteiger partial charge in [0.1, 0.15) is 4.90 Å². The van der Waals surface area contributed by atoms with Crippen molar-refractivity contribution in [1.82, 2.24) is 4.72 Å². The molecule has 0 heterocycles. The molecule has 19 heavy (non-hydrogen) atoms. The fraction of sp³-hybridized carbons (Fsp3) is 0.500. The van der Waals surface area contributed by atoms with Crippen LogP contribution in [0.5, 0.6) is 0 Å². The minimum absolute atomic E-state index is 0.143. The zero-order valence-corrected chi connectivity index (χ0v) is 12.2. The average molecular weight is 288 g/mol. The predicted octanol–water partition coefficient (Wildman–Crippen LogP) is 0.668. The Labute approximate surface area is 114 Å². The maximum atomic E-state index is 11.9. The Hall–Kier alpha value is -1.15. The molecule has 1 atom stereocenters. The second-order valence-electron chi connectivity index (χ2n) is 3.90. The molecule has 0 amide bonds. The van der Waals surface area contributed by atoms with Crippen LogP contribution in [-0.4, -0.2) is 48.9 Å². The van der Waals surface area contributed by atoms with Crippen molar-refractivity contribution in [3.63, 3.8) is 0 Å². The normalized spacial score (nSPS) is 13.2. The highest BCUT2D eigenvalue weighted by Gasteiger charge is 2.16. The summed E-state index contributed by atoms with van der Waals surface area (Å²) in [5.41, 5.74) is 0.537. The van der Waals surface area contributed by atoms with Gasteiger partial charge in [0.2, 0.25) is 10.0 Å². The van der Waals surface area contributed by atoms with Crippen molar-refractivity contribution >= 4 is 15.7 Å². The first-order valence-electron chi connectivity index (χ1n) is 5.83. The van der Waals surface area contributed by atoms with Crippen molar-refractivity contribution in [3.8, 4) is 0 Å². The number of sulfonamides is 1. The summed E-state index contributed by atoms with van der Waals surface area (Å²) >= 11 is 0. The lowest BCUT2D eigenvalue weighted by molar-refractivity contribution is 0.0365. The van der Waals surface area contributed by atoms with E-state index in [0.717, 1.165) is 0 Å². The number of methoxy groups -OCH3 is 2. The molecule has 0 fully saturated rings. The lowest BCUT2D eigenvalue weighted by Gasteiger charge is -2.17. The Morgan fingerprint density at radius 3 is 2.53 bits per heavy atom. The predicted molar refractivity (Wildman–Crippen MR) is 73.9 cm³/mol. The molecule has 1 rings (SSSR count). The smallest absolute Gasteiger partial charge is 0.242 e. The maximum Gasteiger partial charge on any atom is 0.242 e.